The molecule has 0 bridgehead atoms. The second-order valence-electron chi connectivity index (χ2n) is 3.73. The van der Waals surface area contributed by atoms with Gasteiger partial charge >= 0.3 is 5.97 Å². The van der Waals surface area contributed by atoms with Crippen LogP contribution >= 0.6 is 0 Å². The van der Waals surface area contributed by atoms with Crippen LogP contribution in [0.2, 0.25) is 0 Å². The standard InChI is InChI=1S/C13H16N2O3/c1-4-9(2)14-15-13(17)11-7-5-6-8-12(11)18-10(3)16/h5-8H,4H2,1-3H3,(H,15,17)/b14-9-. The van der Waals surface area contributed by atoms with E-state index in [1.807, 2.05) is 13.8 Å². The van der Waals surface area contributed by atoms with E-state index in [1.54, 1.807) is 24.3 Å². The molecule has 0 saturated heterocycles. The SMILES string of the molecule is CC/C(C)=N\NC(=O)c1ccccc1OC(C)=O. The number of hydrogen-bond acceptors (Lipinski definition) is 4. The van der Waals surface area contributed by atoms with E-state index in [9.17, 15) is 9.59 Å². The van der Waals surface area contributed by atoms with E-state index >= 15 is 0 Å². The van der Waals surface area contributed by atoms with Crippen LogP contribution in [0.25, 0.3) is 0 Å². The fourth-order valence-electron chi connectivity index (χ4n) is 1.18. The van der Waals surface area contributed by atoms with Gasteiger partial charge in [-0.3, -0.25) is 9.59 Å². The molecular weight excluding hydrogens is 232 g/mol. The fraction of sp³-hybridized carbons (Fsp3) is 0.308. The Labute approximate surface area is 106 Å². The molecule has 96 valence electrons. The monoisotopic (exact) mass is 248 g/mol. The van der Waals surface area contributed by atoms with E-state index in [0.29, 0.717) is 0 Å². The zero-order chi connectivity index (χ0) is 13.5. The molecule has 1 amide bonds. The Balaban J connectivity index is 2.88. The Bertz CT molecular complexity index is 481. The second-order valence-corrected chi connectivity index (χ2v) is 3.73. The quantitative estimate of drug-likeness (QED) is 0.384. The molecule has 1 aromatic rings. The molecule has 0 unspecified atom stereocenters. The summed E-state index contributed by atoms with van der Waals surface area (Å²) in [5.74, 6) is -0.644. The van der Waals surface area contributed by atoms with Crippen molar-refractivity contribution in [3.8, 4) is 5.75 Å². The lowest BCUT2D eigenvalue weighted by Crippen LogP contribution is -2.20. The van der Waals surface area contributed by atoms with Gasteiger partial charge in [0.25, 0.3) is 5.91 Å². The largest absolute Gasteiger partial charge is 0.426 e. The molecule has 0 aliphatic carbocycles. The van der Waals surface area contributed by atoms with Crippen molar-refractivity contribution in [2.75, 3.05) is 0 Å². The summed E-state index contributed by atoms with van der Waals surface area (Å²) >= 11 is 0. The first-order valence-corrected chi connectivity index (χ1v) is 5.65. The normalized spacial score (nSPS) is 10.9. The third kappa shape index (κ3) is 4.01. The van der Waals surface area contributed by atoms with E-state index in [4.69, 9.17) is 4.74 Å². The van der Waals surface area contributed by atoms with Crippen molar-refractivity contribution in [3.63, 3.8) is 0 Å². The number of amides is 1. The summed E-state index contributed by atoms with van der Waals surface area (Å²) in [6.45, 7) is 5.05. The second kappa shape index (κ2) is 6.54. The number of ether oxygens (including phenoxy) is 1. The summed E-state index contributed by atoms with van der Waals surface area (Å²) in [5.41, 5.74) is 3.51. The molecule has 0 fully saturated rings. The van der Waals surface area contributed by atoms with Gasteiger partial charge in [-0.25, -0.2) is 5.43 Å². The Hall–Kier alpha value is -2.17. The highest BCUT2D eigenvalue weighted by Crippen LogP contribution is 2.17. The number of esters is 1. The van der Waals surface area contributed by atoms with Crippen molar-refractivity contribution in [3.05, 3.63) is 29.8 Å². The molecule has 5 nitrogen and oxygen atoms in total. The number of nitrogens with zero attached hydrogens (tertiary/aromatic N) is 1. The number of para-hydroxylation sites is 1. The highest BCUT2D eigenvalue weighted by molar-refractivity contribution is 5.98. The molecule has 1 N–H and O–H groups in total. The Morgan fingerprint density at radius 2 is 1.94 bits per heavy atom. The summed E-state index contributed by atoms with van der Waals surface area (Å²) in [6, 6.07) is 6.52. The molecular formula is C13H16N2O3. The smallest absolute Gasteiger partial charge is 0.308 e. The lowest BCUT2D eigenvalue weighted by atomic mass is 10.2. The number of carbonyl (C=O) groups is 2. The molecule has 0 radical (unpaired) electrons. The van der Waals surface area contributed by atoms with Crippen molar-refractivity contribution in [2.45, 2.75) is 27.2 Å². The maximum Gasteiger partial charge on any atom is 0.308 e. The van der Waals surface area contributed by atoms with Gasteiger partial charge in [-0.05, 0) is 25.5 Å². The summed E-state index contributed by atoms with van der Waals surface area (Å²) in [6.07, 6.45) is 0.756. The van der Waals surface area contributed by atoms with E-state index in [1.165, 1.54) is 6.92 Å². The minimum absolute atomic E-state index is 0.229. The van der Waals surface area contributed by atoms with E-state index in [-0.39, 0.29) is 11.3 Å². The third-order valence-electron chi connectivity index (χ3n) is 2.25. The topological polar surface area (TPSA) is 67.8 Å². The van der Waals surface area contributed by atoms with Gasteiger partial charge in [0.05, 0.1) is 5.56 Å². The van der Waals surface area contributed by atoms with Crippen LogP contribution in [-0.4, -0.2) is 17.6 Å². The van der Waals surface area contributed by atoms with Crippen molar-refractivity contribution in [1.82, 2.24) is 5.43 Å². The molecule has 0 saturated carbocycles. The summed E-state index contributed by atoms with van der Waals surface area (Å²) in [5, 5.41) is 3.92. The van der Waals surface area contributed by atoms with Gasteiger partial charge in [0, 0.05) is 12.6 Å². The molecule has 0 atom stereocenters. The van der Waals surface area contributed by atoms with Crippen LogP contribution in [0, 0.1) is 0 Å². The minimum atomic E-state index is -0.469. The van der Waals surface area contributed by atoms with Gasteiger partial charge in [-0.2, -0.15) is 5.10 Å². The van der Waals surface area contributed by atoms with Crippen LogP contribution in [0.1, 0.15) is 37.6 Å². The summed E-state index contributed by atoms with van der Waals surface area (Å²) in [4.78, 5) is 22.8. The molecule has 0 aliphatic heterocycles. The van der Waals surface area contributed by atoms with Gasteiger partial charge in [0.15, 0.2) is 0 Å². The molecule has 0 spiro atoms. The first-order valence-electron chi connectivity index (χ1n) is 5.65. The number of hydrazone groups is 1. The molecule has 0 heterocycles. The molecule has 0 aliphatic rings. The Kier molecular flexibility index (Phi) is 5.05. The number of benzene rings is 1. The number of rotatable bonds is 4. The predicted molar refractivity (Wildman–Crippen MR) is 68.6 cm³/mol. The van der Waals surface area contributed by atoms with Crippen LogP contribution < -0.4 is 10.2 Å². The molecule has 1 rings (SSSR count). The van der Waals surface area contributed by atoms with Gasteiger partial charge in [0.2, 0.25) is 0 Å². The lowest BCUT2D eigenvalue weighted by Gasteiger charge is -2.07. The Morgan fingerprint density at radius 1 is 1.28 bits per heavy atom. The first kappa shape index (κ1) is 13.9. The highest BCUT2D eigenvalue weighted by Gasteiger charge is 2.12. The maximum absolute atomic E-state index is 11.9. The molecule has 0 aromatic heterocycles. The average Bonchev–Trinajstić information content (AvgIpc) is 2.35. The molecule has 1 aromatic carbocycles. The zero-order valence-corrected chi connectivity index (χ0v) is 10.7. The van der Waals surface area contributed by atoms with Gasteiger partial charge < -0.3 is 4.74 Å². The highest BCUT2D eigenvalue weighted by atomic mass is 16.5. The Morgan fingerprint density at radius 3 is 2.56 bits per heavy atom. The van der Waals surface area contributed by atoms with Crippen molar-refractivity contribution in [1.29, 1.82) is 0 Å². The van der Waals surface area contributed by atoms with Crippen LogP contribution in [0.15, 0.2) is 29.4 Å². The van der Waals surface area contributed by atoms with Gasteiger partial charge in [0.1, 0.15) is 5.75 Å². The number of nitrogens with one attached hydrogen (secondary N) is 1. The number of carbonyl (C=O) groups excluding carboxylic acids is 2. The van der Waals surface area contributed by atoms with E-state index in [0.717, 1.165) is 12.1 Å². The predicted octanol–water partition coefficient (Wildman–Crippen LogP) is 2.13. The van der Waals surface area contributed by atoms with Gasteiger partial charge in [-0.1, -0.05) is 19.1 Å². The van der Waals surface area contributed by atoms with E-state index < -0.39 is 11.9 Å². The average molecular weight is 248 g/mol. The van der Waals surface area contributed by atoms with Crippen LogP contribution in [0.4, 0.5) is 0 Å². The number of hydrogen-bond donors (Lipinski definition) is 1. The van der Waals surface area contributed by atoms with Crippen LogP contribution in [-0.2, 0) is 4.79 Å². The van der Waals surface area contributed by atoms with E-state index in [2.05, 4.69) is 10.5 Å². The summed E-state index contributed by atoms with van der Waals surface area (Å²) < 4.78 is 4.95. The van der Waals surface area contributed by atoms with Crippen LogP contribution in [0.3, 0.4) is 0 Å². The van der Waals surface area contributed by atoms with Crippen molar-refractivity contribution in [2.24, 2.45) is 5.10 Å². The van der Waals surface area contributed by atoms with Crippen molar-refractivity contribution < 1.29 is 14.3 Å². The molecule has 5 heteroatoms. The third-order valence-corrected chi connectivity index (χ3v) is 2.25. The molecule has 18 heavy (non-hydrogen) atoms. The van der Waals surface area contributed by atoms with Crippen molar-refractivity contribution >= 4 is 17.6 Å². The minimum Gasteiger partial charge on any atom is -0.426 e. The first-order chi connectivity index (χ1) is 8.54. The maximum atomic E-state index is 11.9. The zero-order valence-electron chi connectivity index (χ0n) is 10.7. The van der Waals surface area contributed by atoms with Gasteiger partial charge in [-0.15, -0.1) is 0 Å². The van der Waals surface area contributed by atoms with Crippen LogP contribution in [0.5, 0.6) is 5.75 Å². The summed E-state index contributed by atoms with van der Waals surface area (Å²) in [7, 11) is 0. The fourth-order valence-corrected chi connectivity index (χ4v) is 1.18. The lowest BCUT2D eigenvalue weighted by molar-refractivity contribution is -0.131.